The van der Waals surface area contributed by atoms with Crippen LogP contribution in [0.25, 0.3) is 11.3 Å². The number of aliphatic hydroxyl groups excluding tert-OH is 1. The highest BCUT2D eigenvalue weighted by molar-refractivity contribution is 5.99. The number of carbonyl (C=O) groups excluding carboxylic acids is 1. The molecule has 8 nitrogen and oxygen atoms in total. The third kappa shape index (κ3) is 4.50. The molecule has 0 radical (unpaired) electrons. The number of anilines is 1. The average molecular weight is 446 g/mol. The van der Waals surface area contributed by atoms with Crippen molar-refractivity contribution >= 4 is 11.6 Å². The molecule has 170 valence electrons. The topological polar surface area (TPSA) is 137 Å². The minimum absolute atomic E-state index is 0.0616. The van der Waals surface area contributed by atoms with Crippen LogP contribution in [0.15, 0.2) is 55.0 Å². The highest BCUT2D eigenvalue weighted by atomic mass is 16.5. The Hall–Kier alpha value is -3.20. The zero-order chi connectivity index (χ0) is 22.9. The van der Waals surface area contributed by atoms with Gasteiger partial charge in [0.2, 0.25) is 0 Å². The largest absolute Gasteiger partial charge is 0.389 e. The molecule has 8 heteroatoms. The first kappa shape index (κ1) is 21.6. The SMILES string of the molecule is Nc1ncc(-c2ccccc2)nc1C(=O)Cc1cnccc1[C@@H]1C[C@H](N)[C@@H](O)[C@H](C2CC2)O1. The fraction of sp³-hybridized carbons (Fsp3) is 0.360. The predicted octanol–water partition coefficient (Wildman–Crippen LogP) is 2.47. The van der Waals surface area contributed by atoms with Crippen molar-refractivity contribution in [3.63, 3.8) is 0 Å². The van der Waals surface area contributed by atoms with E-state index in [2.05, 4.69) is 15.0 Å². The lowest BCUT2D eigenvalue weighted by atomic mass is 9.88. The second kappa shape index (κ2) is 8.97. The maximum absolute atomic E-state index is 13.2. The van der Waals surface area contributed by atoms with Gasteiger partial charge in [-0.1, -0.05) is 30.3 Å². The van der Waals surface area contributed by atoms with Gasteiger partial charge in [0.05, 0.1) is 30.2 Å². The van der Waals surface area contributed by atoms with Gasteiger partial charge in [-0.3, -0.25) is 9.78 Å². The fourth-order valence-corrected chi connectivity index (χ4v) is 4.48. The first-order valence-electron chi connectivity index (χ1n) is 11.2. The van der Waals surface area contributed by atoms with Gasteiger partial charge in [-0.15, -0.1) is 0 Å². The first-order valence-corrected chi connectivity index (χ1v) is 11.2. The summed E-state index contributed by atoms with van der Waals surface area (Å²) in [4.78, 5) is 26.2. The van der Waals surface area contributed by atoms with E-state index in [-0.39, 0.29) is 42.0 Å². The van der Waals surface area contributed by atoms with E-state index in [9.17, 15) is 9.90 Å². The van der Waals surface area contributed by atoms with Crippen LogP contribution in [0, 0.1) is 5.92 Å². The van der Waals surface area contributed by atoms with Crippen LogP contribution in [0.4, 0.5) is 5.82 Å². The van der Waals surface area contributed by atoms with Crippen LogP contribution >= 0.6 is 0 Å². The molecule has 2 aromatic heterocycles. The fourth-order valence-electron chi connectivity index (χ4n) is 4.48. The van der Waals surface area contributed by atoms with E-state index in [0.717, 1.165) is 29.5 Å². The lowest BCUT2D eigenvalue weighted by molar-refractivity contribution is -0.137. The predicted molar refractivity (Wildman–Crippen MR) is 123 cm³/mol. The van der Waals surface area contributed by atoms with E-state index in [1.54, 1.807) is 18.6 Å². The molecule has 3 aromatic rings. The number of nitrogens with two attached hydrogens (primary N) is 2. The van der Waals surface area contributed by atoms with E-state index in [1.165, 1.54) is 0 Å². The van der Waals surface area contributed by atoms with Gasteiger partial charge >= 0.3 is 0 Å². The van der Waals surface area contributed by atoms with Crippen molar-refractivity contribution < 1.29 is 14.6 Å². The number of pyridine rings is 1. The second-order valence-corrected chi connectivity index (χ2v) is 8.85. The monoisotopic (exact) mass is 445 g/mol. The van der Waals surface area contributed by atoms with Crippen molar-refractivity contribution in [2.24, 2.45) is 11.7 Å². The van der Waals surface area contributed by atoms with Crippen LogP contribution in [-0.4, -0.2) is 44.1 Å². The van der Waals surface area contributed by atoms with Gasteiger partial charge in [0, 0.05) is 30.4 Å². The van der Waals surface area contributed by atoms with Crippen molar-refractivity contribution in [1.82, 2.24) is 15.0 Å². The highest BCUT2D eigenvalue weighted by Gasteiger charge is 2.44. The zero-order valence-electron chi connectivity index (χ0n) is 18.2. The molecule has 33 heavy (non-hydrogen) atoms. The van der Waals surface area contributed by atoms with Crippen LogP contribution in [0.2, 0.25) is 0 Å². The number of nitrogens with zero attached hydrogens (tertiary/aromatic N) is 3. The molecule has 5 rings (SSSR count). The molecule has 5 N–H and O–H groups in total. The molecule has 1 saturated heterocycles. The summed E-state index contributed by atoms with van der Waals surface area (Å²) >= 11 is 0. The Bertz CT molecular complexity index is 1150. The summed E-state index contributed by atoms with van der Waals surface area (Å²) in [5, 5.41) is 10.5. The zero-order valence-corrected chi connectivity index (χ0v) is 18.2. The third-order valence-electron chi connectivity index (χ3n) is 6.44. The molecule has 1 aliphatic heterocycles. The summed E-state index contributed by atoms with van der Waals surface area (Å²) in [6, 6.07) is 11.0. The van der Waals surface area contributed by atoms with E-state index in [0.29, 0.717) is 18.0 Å². The Kier molecular flexibility index (Phi) is 5.88. The Labute approximate surface area is 192 Å². The van der Waals surface area contributed by atoms with Crippen LogP contribution in [0.1, 0.15) is 47.0 Å². The lowest BCUT2D eigenvalue weighted by Crippen LogP contribution is -2.50. The maximum atomic E-state index is 13.2. The summed E-state index contributed by atoms with van der Waals surface area (Å²) < 4.78 is 6.29. The van der Waals surface area contributed by atoms with Gasteiger partial charge in [0.25, 0.3) is 0 Å². The number of Topliss-reactive ketones (excluding diaryl/α,β-unsaturated/α-hetero) is 1. The van der Waals surface area contributed by atoms with Gasteiger partial charge in [0.15, 0.2) is 11.6 Å². The second-order valence-electron chi connectivity index (χ2n) is 8.85. The molecule has 4 atom stereocenters. The van der Waals surface area contributed by atoms with Gasteiger partial charge in [-0.25, -0.2) is 9.97 Å². The van der Waals surface area contributed by atoms with E-state index < -0.39 is 6.10 Å². The molecule has 0 bridgehead atoms. The number of ether oxygens (including phenoxy) is 1. The first-order chi connectivity index (χ1) is 16.0. The Balaban J connectivity index is 1.40. The number of hydrogen-bond acceptors (Lipinski definition) is 8. The summed E-state index contributed by atoms with van der Waals surface area (Å²) in [6.07, 6.45) is 6.28. The normalized spacial score (nSPS) is 25.0. The summed E-state index contributed by atoms with van der Waals surface area (Å²) in [7, 11) is 0. The number of rotatable bonds is 6. The van der Waals surface area contributed by atoms with Gasteiger partial charge in [0.1, 0.15) is 5.69 Å². The molecule has 0 unspecified atom stereocenters. The molecular formula is C25H27N5O3. The molecule has 3 heterocycles. The quantitative estimate of drug-likeness (QED) is 0.492. The molecule has 1 saturated carbocycles. The molecule has 1 aliphatic carbocycles. The molecule has 1 aromatic carbocycles. The molecule has 2 fully saturated rings. The van der Waals surface area contributed by atoms with Crippen LogP contribution in [-0.2, 0) is 11.2 Å². The van der Waals surface area contributed by atoms with E-state index >= 15 is 0 Å². The Morgan fingerprint density at radius 2 is 1.94 bits per heavy atom. The summed E-state index contributed by atoms with van der Waals surface area (Å²) in [5.74, 6) is 0.195. The lowest BCUT2D eigenvalue weighted by Gasteiger charge is -2.39. The van der Waals surface area contributed by atoms with Crippen molar-refractivity contribution in [3.8, 4) is 11.3 Å². The number of aliphatic hydroxyl groups is 1. The number of benzene rings is 1. The van der Waals surface area contributed by atoms with Crippen molar-refractivity contribution in [3.05, 3.63) is 71.8 Å². The van der Waals surface area contributed by atoms with Crippen LogP contribution in [0.5, 0.6) is 0 Å². The maximum Gasteiger partial charge on any atom is 0.189 e. The van der Waals surface area contributed by atoms with E-state index in [4.69, 9.17) is 16.2 Å². The smallest absolute Gasteiger partial charge is 0.189 e. The van der Waals surface area contributed by atoms with Gasteiger partial charge in [-0.2, -0.15) is 0 Å². The Morgan fingerprint density at radius 1 is 1.15 bits per heavy atom. The molecular weight excluding hydrogens is 418 g/mol. The summed E-state index contributed by atoms with van der Waals surface area (Å²) in [5.41, 5.74) is 15.4. The molecule has 0 amide bonds. The van der Waals surface area contributed by atoms with Gasteiger partial charge < -0.3 is 21.3 Å². The van der Waals surface area contributed by atoms with Crippen LogP contribution < -0.4 is 11.5 Å². The highest BCUT2D eigenvalue weighted by Crippen LogP contribution is 2.43. The van der Waals surface area contributed by atoms with Crippen molar-refractivity contribution in [2.75, 3.05) is 5.73 Å². The molecule has 2 aliphatic rings. The van der Waals surface area contributed by atoms with E-state index in [1.807, 2.05) is 36.4 Å². The molecule has 0 spiro atoms. The summed E-state index contributed by atoms with van der Waals surface area (Å²) in [6.45, 7) is 0. The average Bonchev–Trinajstić information content (AvgIpc) is 3.67. The van der Waals surface area contributed by atoms with Gasteiger partial charge in [-0.05, 0) is 42.4 Å². The number of carbonyl (C=O) groups is 1. The number of hydrogen-bond donors (Lipinski definition) is 3. The number of ketones is 1. The number of nitrogen functional groups attached to an aromatic ring is 1. The van der Waals surface area contributed by atoms with Crippen molar-refractivity contribution in [2.45, 2.75) is 50.0 Å². The minimum atomic E-state index is -0.670. The van der Waals surface area contributed by atoms with Crippen molar-refractivity contribution in [1.29, 1.82) is 0 Å². The third-order valence-corrected chi connectivity index (χ3v) is 6.44. The standard InChI is InChI=1S/C25H27N5O3/c26-18-11-21(33-24(23(18)32)15-6-7-15)17-8-9-28-12-16(17)10-20(31)22-25(27)29-13-19(30-22)14-4-2-1-3-5-14/h1-5,8-9,12-13,15,18,21,23-24,32H,6-7,10-11,26H2,(H2,27,29)/t18-,21-,23+,24-/m0/s1. The number of aromatic nitrogens is 3. The minimum Gasteiger partial charge on any atom is -0.389 e. The van der Waals surface area contributed by atoms with Crippen LogP contribution in [0.3, 0.4) is 0 Å². The Morgan fingerprint density at radius 3 is 2.70 bits per heavy atom.